The minimum absolute atomic E-state index is 0.178. The molecule has 0 saturated heterocycles. The summed E-state index contributed by atoms with van der Waals surface area (Å²) in [4.78, 5) is 9.33. The van der Waals surface area contributed by atoms with Gasteiger partial charge in [-0.05, 0) is 28.7 Å². The Hall–Kier alpha value is -0.930. The van der Waals surface area contributed by atoms with Gasteiger partial charge < -0.3 is 0 Å². The van der Waals surface area contributed by atoms with E-state index in [1.54, 1.807) is 0 Å². The van der Waals surface area contributed by atoms with Crippen LogP contribution in [0.25, 0.3) is 0 Å². The second-order valence-corrected chi connectivity index (χ2v) is 3.70. The molecule has 0 aromatic heterocycles. The lowest BCUT2D eigenvalue weighted by molar-refractivity contribution is -0.386. The van der Waals surface area contributed by atoms with Gasteiger partial charge in [-0.25, -0.2) is 4.39 Å². The van der Waals surface area contributed by atoms with Gasteiger partial charge in [0, 0.05) is 6.07 Å². The smallest absolute Gasteiger partial charge is 0.258 e. The van der Waals surface area contributed by atoms with Gasteiger partial charge in [0.1, 0.15) is 5.82 Å². The van der Waals surface area contributed by atoms with Gasteiger partial charge in [0.25, 0.3) is 5.69 Å². The predicted octanol–water partition coefficient (Wildman–Crippen LogP) is 3.36. The number of alkyl halides is 3. The first-order valence-electron chi connectivity index (χ1n) is 3.44. The van der Waals surface area contributed by atoms with Crippen LogP contribution in [0.15, 0.2) is 12.1 Å². The summed E-state index contributed by atoms with van der Waals surface area (Å²) in [6.45, 7) is 0. The third kappa shape index (κ3) is 2.55. The van der Waals surface area contributed by atoms with E-state index in [1.807, 2.05) is 0 Å². The lowest BCUT2D eigenvalue weighted by Gasteiger charge is -2.07. The molecule has 0 fully saturated rings. The summed E-state index contributed by atoms with van der Waals surface area (Å²) < 4.78 is 49.1. The lowest BCUT2D eigenvalue weighted by Crippen LogP contribution is -2.09. The molecule has 0 heterocycles. The summed E-state index contributed by atoms with van der Waals surface area (Å²) in [6.07, 6.45) is -4.93. The highest BCUT2D eigenvalue weighted by Crippen LogP contribution is 2.35. The average molecular weight is 335 g/mol. The van der Waals surface area contributed by atoms with Crippen LogP contribution in [-0.4, -0.2) is 4.92 Å². The van der Waals surface area contributed by atoms with Gasteiger partial charge in [0.15, 0.2) is 0 Å². The van der Waals surface area contributed by atoms with Crippen molar-refractivity contribution in [3.63, 3.8) is 0 Å². The number of hydrogen-bond donors (Lipinski definition) is 0. The third-order valence-electron chi connectivity index (χ3n) is 1.54. The molecule has 0 atom stereocenters. The fourth-order valence-electron chi connectivity index (χ4n) is 0.895. The molecule has 0 bridgehead atoms. The standard InChI is InChI=1S/C7H2F4INO2/c8-4-2-5(12)6(13(14)15)1-3(4)7(9,10)11/h1-2H. The highest BCUT2D eigenvalue weighted by Gasteiger charge is 2.36. The molecule has 0 amide bonds. The number of benzene rings is 1. The Morgan fingerprint density at radius 1 is 1.33 bits per heavy atom. The van der Waals surface area contributed by atoms with E-state index in [0.717, 1.165) is 0 Å². The van der Waals surface area contributed by atoms with Gasteiger partial charge in [0.2, 0.25) is 0 Å². The van der Waals surface area contributed by atoms with E-state index >= 15 is 0 Å². The summed E-state index contributed by atoms with van der Waals surface area (Å²) in [5.74, 6) is -1.52. The number of nitro groups is 1. The predicted molar refractivity (Wildman–Crippen MR) is 50.8 cm³/mol. The van der Waals surface area contributed by atoms with E-state index in [2.05, 4.69) is 0 Å². The van der Waals surface area contributed by atoms with E-state index in [0.29, 0.717) is 6.07 Å². The van der Waals surface area contributed by atoms with Gasteiger partial charge in [-0.1, -0.05) is 0 Å². The zero-order chi connectivity index (χ0) is 11.8. The summed E-state index contributed by atoms with van der Waals surface area (Å²) in [6, 6.07) is 0.679. The van der Waals surface area contributed by atoms with Crippen molar-refractivity contribution in [3.8, 4) is 0 Å². The third-order valence-corrected chi connectivity index (χ3v) is 2.40. The van der Waals surface area contributed by atoms with Gasteiger partial charge >= 0.3 is 6.18 Å². The molecule has 15 heavy (non-hydrogen) atoms. The van der Waals surface area contributed by atoms with Crippen LogP contribution in [0.2, 0.25) is 0 Å². The van der Waals surface area contributed by atoms with Crippen LogP contribution in [0.3, 0.4) is 0 Å². The molecule has 3 nitrogen and oxygen atoms in total. The van der Waals surface area contributed by atoms with Crippen molar-refractivity contribution in [2.45, 2.75) is 6.18 Å². The van der Waals surface area contributed by atoms with E-state index in [-0.39, 0.29) is 9.64 Å². The largest absolute Gasteiger partial charge is 0.419 e. The maximum atomic E-state index is 12.8. The Labute approximate surface area is 94.4 Å². The van der Waals surface area contributed by atoms with Crippen molar-refractivity contribution in [3.05, 3.63) is 37.2 Å². The second kappa shape index (κ2) is 3.91. The summed E-state index contributed by atoms with van der Waals surface area (Å²) in [5.41, 5.74) is -2.39. The molecule has 1 aromatic rings. The Morgan fingerprint density at radius 2 is 1.87 bits per heavy atom. The monoisotopic (exact) mass is 335 g/mol. The number of nitrogens with zero attached hydrogens (tertiary/aromatic N) is 1. The van der Waals surface area contributed by atoms with Crippen LogP contribution in [0.5, 0.6) is 0 Å². The van der Waals surface area contributed by atoms with E-state index < -0.39 is 28.2 Å². The molecule has 8 heteroatoms. The molecule has 0 aliphatic heterocycles. The highest BCUT2D eigenvalue weighted by atomic mass is 127. The van der Waals surface area contributed by atoms with Crippen molar-refractivity contribution < 1.29 is 22.5 Å². The SMILES string of the molecule is O=[N+]([O-])c1cc(C(F)(F)F)c(F)cc1I. The zero-order valence-electron chi connectivity index (χ0n) is 6.81. The van der Waals surface area contributed by atoms with Gasteiger partial charge in [-0.2, -0.15) is 13.2 Å². The Balaban J connectivity index is 3.43. The van der Waals surface area contributed by atoms with Crippen molar-refractivity contribution in [2.75, 3.05) is 0 Å². The first kappa shape index (κ1) is 12.1. The fourth-order valence-corrected chi connectivity index (χ4v) is 1.52. The average Bonchev–Trinajstić information content (AvgIpc) is 2.00. The van der Waals surface area contributed by atoms with E-state index in [1.165, 1.54) is 22.6 Å². The zero-order valence-corrected chi connectivity index (χ0v) is 8.97. The molecular weight excluding hydrogens is 333 g/mol. The molecule has 0 aliphatic carbocycles. The van der Waals surface area contributed by atoms with Crippen LogP contribution >= 0.6 is 22.6 Å². The van der Waals surface area contributed by atoms with Crippen molar-refractivity contribution in [2.24, 2.45) is 0 Å². The molecule has 0 aliphatic rings. The van der Waals surface area contributed by atoms with Crippen LogP contribution in [0.4, 0.5) is 23.2 Å². The van der Waals surface area contributed by atoms with Crippen molar-refractivity contribution in [1.29, 1.82) is 0 Å². The highest BCUT2D eigenvalue weighted by molar-refractivity contribution is 14.1. The van der Waals surface area contributed by atoms with Crippen LogP contribution in [-0.2, 0) is 6.18 Å². The Kier molecular flexibility index (Phi) is 3.16. The molecule has 0 saturated carbocycles. The minimum Gasteiger partial charge on any atom is -0.258 e. The second-order valence-electron chi connectivity index (χ2n) is 2.54. The molecule has 1 aromatic carbocycles. The maximum absolute atomic E-state index is 12.8. The van der Waals surface area contributed by atoms with E-state index in [4.69, 9.17) is 0 Å². The number of halogens is 5. The molecule has 0 spiro atoms. The van der Waals surface area contributed by atoms with E-state index in [9.17, 15) is 27.7 Å². The molecule has 0 unspecified atom stereocenters. The van der Waals surface area contributed by atoms with Gasteiger partial charge in [0.05, 0.1) is 14.1 Å². The maximum Gasteiger partial charge on any atom is 0.419 e. The van der Waals surface area contributed by atoms with Crippen molar-refractivity contribution in [1.82, 2.24) is 0 Å². The van der Waals surface area contributed by atoms with Gasteiger partial charge in [-0.3, -0.25) is 10.1 Å². The van der Waals surface area contributed by atoms with Crippen LogP contribution in [0, 0.1) is 19.5 Å². The Morgan fingerprint density at radius 3 is 2.27 bits per heavy atom. The first-order valence-corrected chi connectivity index (χ1v) is 4.52. The summed E-state index contributed by atoms with van der Waals surface area (Å²) in [7, 11) is 0. The van der Waals surface area contributed by atoms with Gasteiger partial charge in [-0.15, -0.1) is 0 Å². The summed E-state index contributed by atoms with van der Waals surface area (Å²) in [5, 5.41) is 10.3. The topological polar surface area (TPSA) is 43.1 Å². The Bertz CT molecular complexity index is 418. The number of hydrogen-bond acceptors (Lipinski definition) is 2. The number of nitro benzene ring substituents is 1. The molecule has 0 N–H and O–H groups in total. The van der Waals surface area contributed by atoms with Crippen LogP contribution < -0.4 is 0 Å². The summed E-state index contributed by atoms with van der Waals surface area (Å²) >= 11 is 1.40. The molecular formula is C7H2F4INO2. The quantitative estimate of drug-likeness (QED) is 0.342. The lowest BCUT2D eigenvalue weighted by atomic mass is 10.2. The van der Waals surface area contributed by atoms with Crippen LogP contribution in [0.1, 0.15) is 5.56 Å². The minimum atomic E-state index is -4.93. The molecule has 82 valence electrons. The normalized spacial score (nSPS) is 11.5. The first-order chi connectivity index (χ1) is 6.73. The number of rotatable bonds is 1. The molecule has 0 radical (unpaired) electrons. The van der Waals surface area contributed by atoms with Crippen molar-refractivity contribution >= 4 is 28.3 Å². The fraction of sp³-hybridized carbons (Fsp3) is 0.143. The molecule has 1 rings (SSSR count).